The normalized spacial score (nSPS) is 17.6. The predicted octanol–water partition coefficient (Wildman–Crippen LogP) is 1.85. The number of aliphatic hydroxyl groups is 1. The molecule has 0 aliphatic carbocycles. The molecule has 1 aliphatic heterocycles. The van der Waals surface area contributed by atoms with E-state index < -0.39 is 24.3 Å². The zero-order valence-electron chi connectivity index (χ0n) is 16.4. The smallest absolute Gasteiger partial charge is 0.475 e. The molecule has 2 rings (SSSR count). The second kappa shape index (κ2) is 13.1. The third-order valence-corrected chi connectivity index (χ3v) is 3.96. The number of aromatic nitrogens is 1. The van der Waals surface area contributed by atoms with Gasteiger partial charge in [0.25, 0.3) is 0 Å². The Morgan fingerprint density at radius 2 is 1.48 bits per heavy atom. The highest BCUT2D eigenvalue weighted by atomic mass is 19.4. The number of nitrogens with zero attached hydrogens (tertiary/aromatic N) is 3. The van der Waals surface area contributed by atoms with E-state index in [0.717, 1.165) is 32.6 Å². The van der Waals surface area contributed by atoms with Crippen LogP contribution >= 0.6 is 0 Å². The quantitative estimate of drug-likeness (QED) is 0.580. The van der Waals surface area contributed by atoms with E-state index >= 15 is 0 Å². The second-order valence-corrected chi connectivity index (χ2v) is 6.34. The van der Waals surface area contributed by atoms with E-state index in [0.29, 0.717) is 6.04 Å². The highest BCUT2D eigenvalue weighted by molar-refractivity contribution is 5.73. The lowest BCUT2D eigenvalue weighted by Crippen LogP contribution is -2.51. The van der Waals surface area contributed by atoms with E-state index in [-0.39, 0.29) is 6.61 Å². The number of hydrogen-bond acceptors (Lipinski definition) is 6. The molecular formula is C17H23F6N3O5. The van der Waals surface area contributed by atoms with Gasteiger partial charge in [-0.05, 0) is 31.2 Å². The van der Waals surface area contributed by atoms with Crippen LogP contribution in [-0.4, -0.2) is 93.7 Å². The molecule has 31 heavy (non-hydrogen) atoms. The lowest BCUT2D eigenvalue weighted by molar-refractivity contribution is -0.193. The molecule has 14 heteroatoms. The van der Waals surface area contributed by atoms with Crippen molar-refractivity contribution in [3.63, 3.8) is 0 Å². The summed E-state index contributed by atoms with van der Waals surface area (Å²) in [7, 11) is 2.14. The highest BCUT2D eigenvalue weighted by Crippen LogP contribution is 2.14. The molecule has 0 spiro atoms. The maximum absolute atomic E-state index is 10.6. The molecule has 178 valence electrons. The lowest BCUT2D eigenvalue weighted by atomic mass is 10.1. The van der Waals surface area contributed by atoms with Gasteiger partial charge in [-0.3, -0.25) is 9.88 Å². The van der Waals surface area contributed by atoms with E-state index in [1.165, 1.54) is 5.56 Å². The summed E-state index contributed by atoms with van der Waals surface area (Å²) in [5, 5.41) is 23.3. The first kappa shape index (κ1) is 28.5. The highest BCUT2D eigenvalue weighted by Gasteiger charge is 2.38. The van der Waals surface area contributed by atoms with Crippen molar-refractivity contribution in [2.75, 3.05) is 33.3 Å². The Bertz CT molecular complexity index is 648. The Morgan fingerprint density at radius 3 is 1.87 bits per heavy atom. The van der Waals surface area contributed by atoms with Crippen molar-refractivity contribution in [2.24, 2.45) is 0 Å². The van der Waals surface area contributed by atoms with E-state index in [2.05, 4.69) is 34.0 Å². The van der Waals surface area contributed by atoms with Crippen LogP contribution in [0.4, 0.5) is 26.3 Å². The zero-order valence-corrected chi connectivity index (χ0v) is 16.4. The van der Waals surface area contributed by atoms with Gasteiger partial charge in [-0.15, -0.1) is 0 Å². The Morgan fingerprint density at radius 1 is 1.03 bits per heavy atom. The van der Waals surface area contributed by atoms with Crippen molar-refractivity contribution in [3.05, 3.63) is 30.1 Å². The fourth-order valence-electron chi connectivity index (χ4n) is 2.36. The molecule has 1 unspecified atom stereocenters. The van der Waals surface area contributed by atoms with Gasteiger partial charge in [-0.1, -0.05) is 0 Å². The maximum Gasteiger partial charge on any atom is 0.490 e. The van der Waals surface area contributed by atoms with Crippen molar-refractivity contribution in [2.45, 2.75) is 31.4 Å². The Labute approximate surface area is 173 Å². The summed E-state index contributed by atoms with van der Waals surface area (Å²) in [6, 6.07) is 4.62. The Hall–Kier alpha value is -2.45. The summed E-state index contributed by atoms with van der Waals surface area (Å²) in [6.07, 6.45) is -5.61. The maximum atomic E-state index is 10.6. The van der Waals surface area contributed by atoms with Crippen LogP contribution in [0, 0.1) is 0 Å². The molecule has 0 radical (unpaired) electrons. The second-order valence-electron chi connectivity index (χ2n) is 6.34. The number of hydrogen-bond donors (Lipinski definition) is 3. The van der Waals surface area contributed by atoms with Gasteiger partial charge in [-0.25, -0.2) is 9.59 Å². The predicted molar refractivity (Wildman–Crippen MR) is 95.0 cm³/mol. The third-order valence-electron chi connectivity index (χ3n) is 3.96. The van der Waals surface area contributed by atoms with Crippen molar-refractivity contribution in [1.29, 1.82) is 0 Å². The lowest BCUT2D eigenvalue weighted by Gasteiger charge is -2.39. The van der Waals surface area contributed by atoms with Gasteiger partial charge in [0.15, 0.2) is 0 Å². The molecule has 3 N–H and O–H groups in total. The molecular weight excluding hydrogens is 440 g/mol. The van der Waals surface area contributed by atoms with Crippen LogP contribution in [0.3, 0.4) is 0 Å². The topological polar surface area (TPSA) is 114 Å². The third kappa shape index (κ3) is 12.8. The summed E-state index contributed by atoms with van der Waals surface area (Å²) in [5.74, 6) is -5.51. The first-order chi connectivity index (χ1) is 14.2. The number of carboxylic acids is 2. The van der Waals surface area contributed by atoms with E-state index in [9.17, 15) is 26.3 Å². The molecule has 0 amide bonds. The molecule has 0 saturated carbocycles. The molecule has 8 nitrogen and oxygen atoms in total. The first-order valence-electron chi connectivity index (χ1n) is 8.71. The van der Waals surface area contributed by atoms with Crippen LogP contribution in [0.2, 0.25) is 0 Å². The number of pyridine rings is 1. The molecule has 1 saturated heterocycles. The fraction of sp³-hybridized carbons (Fsp3) is 0.588. The molecule has 1 aromatic heterocycles. The Balaban J connectivity index is 0.000000536. The van der Waals surface area contributed by atoms with Crippen LogP contribution in [0.5, 0.6) is 0 Å². The van der Waals surface area contributed by atoms with Crippen molar-refractivity contribution in [1.82, 2.24) is 14.8 Å². The molecule has 1 aliphatic rings. The summed E-state index contributed by atoms with van der Waals surface area (Å²) >= 11 is 0. The minimum atomic E-state index is -5.08. The monoisotopic (exact) mass is 463 g/mol. The van der Waals surface area contributed by atoms with Gasteiger partial charge in [-0.2, -0.15) is 26.3 Å². The molecule has 0 bridgehead atoms. The number of alkyl halides is 6. The number of aliphatic hydroxyl groups excluding tert-OH is 1. The van der Waals surface area contributed by atoms with Crippen LogP contribution in [0.25, 0.3) is 0 Å². The number of aliphatic carboxylic acids is 2. The molecule has 1 aromatic rings. The number of carbonyl (C=O) groups is 2. The number of halogens is 6. The van der Waals surface area contributed by atoms with Crippen molar-refractivity contribution in [3.8, 4) is 0 Å². The molecule has 1 atom stereocenters. The van der Waals surface area contributed by atoms with E-state index in [1.54, 1.807) is 0 Å². The van der Waals surface area contributed by atoms with Gasteiger partial charge in [0.1, 0.15) is 0 Å². The van der Waals surface area contributed by atoms with Crippen LogP contribution in [-0.2, 0) is 16.1 Å². The number of piperazine rings is 1. The summed E-state index contributed by atoms with van der Waals surface area (Å²) in [4.78, 5) is 26.6. The molecule has 2 heterocycles. The summed E-state index contributed by atoms with van der Waals surface area (Å²) in [5.41, 5.74) is 1.31. The average Bonchev–Trinajstić information content (AvgIpc) is 2.65. The minimum Gasteiger partial charge on any atom is -0.475 e. The molecule has 0 aromatic carbocycles. The largest absolute Gasteiger partial charge is 0.490 e. The molecule has 1 fully saturated rings. The van der Waals surface area contributed by atoms with Crippen molar-refractivity contribution < 1.29 is 51.3 Å². The number of carboxylic acid groups (broad SMARTS) is 2. The standard InChI is InChI=1S/C13H21N3O.2C2HF3O2/c1-15-7-8-16(11-13(15)4-9-17)10-12-2-5-14-6-3-12;2*3-2(4,5)1(6)7/h2-3,5-6,13,17H,4,7-11H2,1H3;2*(H,6,7). The van der Waals surface area contributed by atoms with Crippen LogP contribution in [0.1, 0.15) is 12.0 Å². The number of rotatable bonds is 4. The summed E-state index contributed by atoms with van der Waals surface area (Å²) in [6.45, 7) is 4.48. The van der Waals surface area contributed by atoms with Gasteiger partial charge in [0.2, 0.25) is 0 Å². The fourth-order valence-corrected chi connectivity index (χ4v) is 2.36. The summed E-state index contributed by atoms with van der Waals surface area (Å²) < 4.78 is 63.5. The van der Waals surface area contributed by atoms with Gasteiger partial charge in [0, 0.05) is 51.2 Å². The number of likely N-dealkylation sites (N-methyl/N-ethyl adjacent to an activating group) is 1. The zero-order chi connectivity index (χ0) is 24.2. The van der Waals surface area contributed by atoms with Gasteiger partial charge in [0.05, 0.1) is 0 Å². The average molecular weight is 463 g/mol. The van der Waals surface area contributed by atoms with E-state index in [4.69, 9.17) is 24.9 Å². The van der Waals surface area contributed by atoms with Crippen LogP contribution in [0.15, 0.2) is 24.5 Å². The first-order valence-corrected chi connectivity index (χ1v) is 8.71. The van der Waals surface area contributed by atoms with Gasteiger partial charge < -0.3 is 20.2 Å². The minimum absolute atomic E-state index is 0.276. The Kier molecular flexibility index (Phi) is 12.0. The van der Waals surface area contributed by atoms with Gasteiger partial charge >= 0.3 is 24.3 Å². The SMILES string of the molecule is CN1CCN(Cc2ccncc2)CC1CCO.O=C(O)C(F)(F)F.O=C(O)C(F)(F)F. The van der Waals surface area contributed by atoms with Crippen LogP contribution < -0.4 is 0 Å². The van der Waals surface area contributed by atoms with Crippen molar-refractivity contribution >= 4 is 11.9 Å². The van der Waals surface area contributed by atoms with E-state index in [1.807, 2.05) is 12.4 Å².